The molecule has 1 aliphatic rings. The van der Waals surface area contributed by atoms with Crippen LogP contribution in [-0.4, -0.2) is 55.8 Å². The first-order valence-electron chi connectivity index (χ1n) is 7.10. The molecule has 3 heterocycles. The van der Waals surface area contributed by atoms with E-state index in [9.17, 15) is 18.0 Å². The first-order chi connectivity index (χ1) is 11.9. The molecule has 0 saturated carbocycles. The van der Waals surface area contributed by atoms with Crippen LogP contribution in [0.2, 0.25) is 0 Å². The lowest BCUT2D eigenvalue weighted by Gasteiger charge is -2.25. The maximum absolute atomic E-state index is 12.7. The summed E-state index contributed by atoms with van der Waals surface area (Å²) in [5.74, 6) is -1.50. The van der Waals surface area contributed by atoms with Crippen LogP contribution in [-0.2, 0) is 14.8 Å². The number of nitrogens with one attached hydrogen (secondary N) is 1. The lowest BCUT2D eigenvalue weighted by molar-refractivity contribution is 0.0731. The van der Waals surface area contributed by atoms with Crippen molar-refractivity contribution in [2.24, 2.45) is 5.73 Å². The van der Waals surface area contributed by atoms with Gasteiger partial charge in [0, 0.05) is 13.1 Å². The Bertz CT molecular complexity index is 884. The summed E-state index contributed by atoms with van der Waals surface area (Å²) in [7, 11) is -3.81. The van der Waals surface area contributed by atoms with E-state index in [-0.39, 0.29) is 33.6 Å². The minimum atomic E-state index is -3.81. The third-order valence-corrected chi connectivity index (χ3v) is 6.83. The minimum Gasteiger partial charge on any atom is -0.451 e. The zero-order valence-electron chi connectivity index (χ0n) is 12.8. The van der Waals surface area contributed by atoms with Crippen molar-refractivity contribution in [1.29, 1.82) is 0 Å². The fraction of sp³-hybridized carbons (Fsp3) is 0.308. The van der Waals surface area contributed by atoms with Gasteiger partial charge in [-0.1, -0.05) is 0 Å². The summed E-state index contributed by atoms with van der Waals surface area (Å²) in [5, 5.41) is 2.47. The maximum atomic E-state index is 12.7. The average molecular weight is 386 g/mol. The fourth-order valence-corrected chi connectivity index (χ4v) is 5.11. The largest absolute Gasteiger partial charge is 0.451 e. The van der Waals surface area contributed by atoms with E-state index in [4.69, 9.17) is 14.9 Å². The number of amides is 2. The number of nitrogens with two attached hydrogens (primary N) is 1. The number of hydrogen-bond acceptors (Lipinski definition) is 8. The van der Waals surface area contributed by atoms with Crippen molar-refractivity contribution >= 4 is 38.2 Å². The number of ether oxygens (including phenoxy) is 1. The van der Waals surface area contributed by atoms with E-state index in [0.29, 0.717) is 13.2 Å². The van der Waals surface area contributed by atoms with Gasteiger partial charge in [0.1, 0.15) is 15.5 Å². The number of anilines is 1. The SMILES string of the molecule is NC(=O)c1cc(S(=O)(=O)N2CCOCC2)sc1NC(=O)c1cocn1. The Balaban J connectivity index is 1.91. The van der Waals surface area contributed by atoms with E-state index in [1.54, 1.807) is 0 Å². The molecular formula is C13H14N4O6S2. The van der Waals surface area contributed by atoms with Crippen LogP contribution < -0.4 is 11.1 Å². The van der Waals surface area contributed by atoms with Crippen LogP contribution in [0, 0.1) is 0 Å². The first kappa shape index (κ1) is 17.5. The molecule has 3 N–H and O–H groups in total. The van der Waals surface area contributed by atoms with E-state index >= 15 is 0 Å². The average Bonchev–Trinajstić information content (AvgIpc) is 3.25. The molecule has 2 amide bonds. The Kier molecular flexibility index (Phi) is 4.85. The summed E-state index contributed by atoms with van der Waals surface area (Å²) in [6, 6.07) is 1.16. The third-order valence-electron chi connectivity index (χ3n) is 3.43. The monoisotopic (exact) mass is 386 g/mol. The molecule has 0 unspecified atom stereocenters. The number of rotatable bonds is 5. The number of sulfonamides is 1. The Morgan fingerprint density at radius 1 is 1.32 bits per heavy atom. The zero-order chi connectivity index (χ0) is 18.0. The number of oxazole rings is 1. The number of morpholine rings is 1. The Morgan fingerprint density at radius 2 is 2.04 bits per heavy atom. The Morgan fingerprint density at radius 3 is 2.64 bits per heavy atom. The van der Waals surface area contributed by atoms with E-state index in [1.165, 1.54) is 4.31 Å². The van der Waals surface area contributed by atoms with E-state index in [0.717, 1.165) is 30.1 Å². The number of carbonyl (C=O) groups is 2. The van der Waals surface area contributed by atoms with Crippen molar-refractivity contribution in [2.75, 3.05) is 31.6 Å². The van der Waals surface area contributed by atoms with Gasteiger partial charge >= 0.3 is 0 Å². The molecule has 1 saturated heterocycles. The summed E-state index contributed by atoms with van der Waals surface area (Å²) >= 11 is 0.752. The van der Waals surface area contributed by atoms with Crippen molar-refractivity contribution < 1.29 is 27.2 Å². The Hall–Kier alpha value is -2.28. The topological polar surface area (TPSA) is 145 Å². The van der Waals surface area contributed by atoms with Gasteiger partial charge in [0.15, 0.2) is 12.1 Å². The summed E-state index contributed by atoms with van der Waals surface area (Å²) in [5.41, 5.74) is 5.20. The number of aromatic nitrogens is 1. The van der Waals surface area contributed by atoms with E-state index in [1.807, 2.05) is 0 Å². The number of thiophene rings is 1. The summed E-state index contributed by atoms with van der Waals surface area (Å²) < 4.78 is 36.4. The van der Waals surface area contributed by atoms with Crippen LogP contribution in [0.15, 0.2) is 27.3 Å². The fourth-order valence-electron chi connectivity index (χ4n) is 2.18. The molecule has 10 nitrogen and oxygen atoms in total. The van der Waals surface area contributed by atoms with Crippen LogP contribution in [0.1, 0.15) is 20.8 Å². The molecule has 0 aromatic carbocycles. The maximum Gasteiger partial charge on any atom is 0.278 e. The highest BCUT2D eigenvalue weighted by Gasteiger charge is 2.30. The number of hydrogen-bond donors (Lipinski definition) is 2. The van der Waals surface area contributed by atoms with Crippen molar-refractivity contribution in [2.45, 2.75) is 4.21 Å². The third kappa shape index (κ3) is 3.56. The summed E-state index contributed by atoms with van der Waals surface area (Å²) in [6.45, 7) is 1.02. The van der Waals surface area contributed by atoms with Gasteiger partial charge in [0.2, 0.25) is 0 Å². The van der Waals surface area contributed by atoms with Gasteiger partial charge in [-0.05, 0) is 6.07 Å². The normalized spacial score (nSPS) is 15.8. The molecule has 2 aromatic rings. The van der Waals surface area contributed by atoms with Gasteiger partial charge in [-0.3, -0.25) is 9.59 Å². The molecule has 2 aromatic heterocycles. The van der Waals surface area contributed by atoms with E-state index in [2.05, 4.69) is 10.3 Å². The number of nitrogens with zero attached hydrogens (tertiary/aromatic N) is 2. The predicted octanol–water partition coefficient (Wildman–Crippen LogP) is 0.108. The highest BCUT2D eigenvalue weighted by atomic mass is 32.2. The van der Waals surface area contributed by atoms with Crippen LogP contribution in [0.3, 0.4) is 0 Å². The van der Waals surface area contributed by atoms with Gasteiger partial charge in [-0.25, -0.2) is 13.4 Å². The molecule has 1 fully saturated rings. The minimum absolute atomic E-state index is 0.0126. The molecule has 0 aliphatic carbocycles. The van der Waals surface area contributed by atoms with Crippen molar-refractivity contribution in [1.82, 2.24) is 9.29 Å². The second-order valence-corrected chi connectivity index (χ2v) is 8.23. The molecule has 12 heteroatoms. The smallest absolute Gasteiger partial charge is 0.278 e. The standard InChI is InChI=1S/C13H14N4O6S2/c14-11(18)8-5-10(25(20,21)17-1-3-22-4-2-17)24-13(8)16-12(19)9-6-23-7-15-9/h5-7H,1-4H2,(H2,14,18)(H,16,19). The van der Waals surface area contributed by atoms with Gasteiger partial charge in [-0.2, -0.15) is 4.31 Å². The summed E-state index contributed by atoms with van der Waals surface area (Å²) in [4.78, 5) is 27.4. The molecular weight excluding hydrogens is 372 g/mol. The van der Waals surface area contributed by atoms with Gasteiger partial charge in [0.05, 0.1) is 18.8 Å². The second-order valence-electron chi connectivity index (χ2n) is 5.02. The van der Waals surface area contributed by atoms with E-state index < -0.39 is 21.8 Å². The molecule has 134 valence electrons. The second kappa shape index (κ2) is 6.92. The first-order valence-corrected chi connectivity index (χ1v) is 9.36. The molecule has 0 spiro atoms. The molecule has 25 heavy (non-hydrogen) atoms. The van der Waals surface area contributed by atoms with Crippen LogP contribution in [0.25, 0.3) is 0 Å². The van der Waals surface area contributed by atoms with Crippen LogP contribution in [0.5, 0.6) is 0 Å². The van der Waals surface area contributed by atoms with Gasteiger partial charge in [0.25, 0.3) is 21.8 Å². The molecule has 0 bridgehead atoms. The molecule has 1 aliphatic heterocycles. The number of primary amides is 1. The highest BCUT2D eigenvalue weighted by Crippen LogP contribution is 2.33. The zero-order valence-corrected chi connectivity index (χ0v) is 14.4. The van der Waals surface area contributed by atoms with Crippen LogP contribution >= 0.6 is 11.3 Å². The highest BCUT2D eigenvalue weighted by molar-refractivity contribution is 7.91. The van der Waals surface area contributed by atoms with Crippen molar-refractivity contribution in [3.8, 4) is 0 Å². The quantitative estimate of drug-likeness (QED) is 0.741. The van der Waals surface area contributed by atoms with Gasteiger partial charge < -0.3 is 20.2 Å². The summed E-state index contributed by atoms with van der Waals surface area (Å²) in [6.07, 6.45) is 2.20. The Labute approximate surface area is 146 Å². The lowest BCUT2D eigenvalue weighted by atomic mass is 10.3. The number of carbonyl (C=O) groups excluding carboxylic acids is 2. The molecule has 0 radical (unpaired) electrons. The molecule has 3 rings (SSSR count). The lowest BCUT2D eigenvalue weighted by Crippen LogP contribution is -2.40. The van der Waals surface area contributed by atoms with Crippen molar-refractivity contribution in [3.63, 3.8) is 0 Å². The molecule has 0 atom stereocenters. The van der Waals surface area contributed by atoms with Crippen molar-refractivity contribution in [3.05, 3.63) is 30.0 Å². The van der Waals surface area contributed by atoms with Gasteiger partial charge in [-0.15, -0.1) is 11.3 Å². The van der Waals surface area contributed by atoms with Crippen LogP contribution in [0.4, 0.5) is 5.00 Å². The predicted molar refractivity (Wildman–Crippen MR) is 86.9 cm³/mol.